The average Bonchev–Trinajstić information content (AvgIpc) is 2.49. The lowest BCUT2D eigenvalue weighted by Crippen LogP contribution is -2.36. The van der Waals surface area contributed by atoms with Gasteiger partial charge in [-0.2, -0.15) is 0 Å². The largest absolute Gasteiger partial charge is 0.492 e. The molecule has 0 amide bonds. The smallest absolute Gasteiger partial charge is 0.147 e. The second kappa shape index (κ2) is 8.51. The predicted molar refractivity (Wildman–Crippen MR) is 92.9 cm³/mol. The highest BCUT2D eigenvalue weighted by atomic mass is 79.9. The van der Waals surface area contributed by atoms with E-state index in [1.54, 1.807) is 0 Å². The van der Waals surface area contributed by atoms with E-state index in [0.717, 1.165) is 47.3 Å². The summed E-state index contributed by atoms with van der Waals surface area (Å²) in [6.45, 7) is 7.59. The van der Waals surface area contributed by atoms with E-state index < -0.39 is 0 Å². The molecule has 1 fully saturated rings. The third-order valence-corrected chi connectivity index (χ3v) is 5.13. The van der Waals surface area contributed by atoms with E-state index in [1.165, 1.54) is 5.56 Å². The minimum atomic E-state index is 0.512. The summed E-state index contributed by atoms with van der Waals surface area (Å²) in [6.07, 6.45) is 2.32. The molecule has 1 saturated heterocycles. The molecule has 118 valence electrons. The van der Waals surface area contributed by atoms with Gasteiger partial charge in [0.25, 0.3) is 0 Å². The molecule has 0 aromatic heterocycles. The van der Waals surface area contributed by atoms with Crippen molar-refractivity contribution in [3.8, 4) is 5.75 Å². The zero-order valence-corrected chi connectivity index (χ0v) is 15.8. The Morgan fingerprint density at radius 3 is 2.48 bits per heavy atom. The molecule has 1 aromatic rings. The molecule has 2 rings (SSSR count). The quantitative estimate of drug-likeness (QED) is 0.733. The van der Waals surface area contributed by atoms with Gasteiger partial charge in [-0.05, 0) is 82.2 Å². The van der Waals surface area contributed by atoms with E-state index in [4.69, 9.17) is 9.47 Å². The zero-order valence-electron chi connectivity index (χ0n) is 12.6. The number of nitrogens with one attached hydrogen (secondary N) is 1. The summed E-state index contributed by atoms with van der Waals surface area (Å²) < 4.78 is 13.0. The van der Waals surface area contributed by atoms with Crippen molar-refractivity contribution in [1.82, 2.24) is 5.32 Å². The van der Waals surface area contributed by atoms with Crippen LogP contribution in [0.25, 0.3) is 0 Å². The van der Waals surface area contributed by atoms with Crippen LogP contribution in [0.15, 0.2) is 21.1 Å². The van der Waals surface area contributed by atoms with Gasteiger partial charge in [-0.25, -0.2) is 0 Å². The molecule has 5 heteroatoms. The fourth-order valence-corrected chi connectivity index (χ4v) is 4.17. The number of hydrogen-bond acceptors (Lipinski definition) is 3. The molecule has 0 spiro atoms. The zero-order chi connectivity index (χ0) is 15.2. The van der Waals surface area contributed by atoms with Crippen molar-refractivity contribution in [1.29, 1.82) is 0 Å². The number of benzene rings is 1. The van der Waals surface area contributed by atoms with Crippen molar-refractivity contribution >= 4 is 31.9 Å². The molecule has 1 aliphatic rings. The van der Waals surface area contributed by atoms with E-state index in [1.807, 2.05) is 6.92 Å². The fraction of sp³-hybridized carbons (Fsp3) is 0.625. The Morgan fingerprint density at radius 2 is 1.90 bits per heavy atom. The summed E-state index contributed by atoms with van der Waals surface area (Å²) >= 11 is 7.17. The van der Waals surface area contributed by atoms with E-state index in [2.05, 4.69) is 56.2 Å². The van der Waals surface area contributed by atoms with Gasteiger partial charge in [0.05, 0.1) is 15.6 Å². The van der Waals surface area contributed by atoms with Gasteiger partial charge in [-0.15, -0.1) is 0 Å². The van der Waals surface area contributed by atoms with Crippen LogP contribution in [0.3, 0.4) is 0 Å². The summed E-state index contributed by atoms with van der Waals surface area (Å²) in [5.41, 5.74) is 1.25. The summed E-state index contributed by atoms with van der Waals surface area (Å²) in [5, 5.41) is 3.64. The molecule has 0 aliphatic carbocycles. The Labute approximate surface area is 144 Å². The number of ether oxygens (including phenoxy) is 2. The first-order valence-corrected chi connectivity index (χ1v) is 9.12. The van der Waals surface area contributed by atoms with Gasteiger partial charge in [-0.3, -0.25) is 0 Å². The first kappa shape index (κ1) is 17.3. The average molecular weight is 421 g/mol. The molecule has 1 aromatic carbocycles. The van der Waals surface area contributed by atoms with E-state index in [-0.39, 0.29) is 0 Å². The minimum absolute atomic E-state index is 0.512. The van der Waals surface area contributed by atoms with Gasteiger partial charge in [-0.1, -0.05) is 0 Å². The first-order valence-electron chi connectivity index (χ1n) is 7.53. The highest BCUT2D eigenvalue weighted by Gasteiger charge is 2.20. The Morgan fingerprint density at radius 1 is 1.29 bits per heavy atom. The summed E-state index contributed by atoms with van der Waals surface area (Å²) in [6, 6.07) is 4.76. The van der Waals surface area contributed by atoms with Gasteiger partial charge in [0, 0.05) is 25.8 Å². The van der Waals surface area contributed by atoms with Gasteiger partial charge < -0.3 is 14.8 Å². The SMILES string of the molecule is CCOc1c(Br)cc(CNC(C)C2CCOCC2)cc1Br. The summed E-state index contributed by atoms with van der Waals surface area (Å²) in [5.74, 6) is 1.59. The lowest BCUT2D eigenvalue weighted by molar-refractivity contribution is 0.0558. The second-order valence-electron chi connectivity index (χ2n) is 5.44. The standard InChI is InChI=1S/C16H23Br2NO2/c1-3-21-16-14(17)8-12(9-15(16)18)10-19-11(2)13-4-6-20-7-5-13/h8-9,11,13,19H,3-7,10H2,1-2H3. The third kappa shape index (κ3) is 4.95. The van der Waals surface area contributed by atoms with Crippen LogP contribution in [0.4, 0.5) is 0 Å². The van der Waals surface area contributed by atoms with Gasteiger partial charge in [0.2, 0.25) is 0 Å². The Kier molecular flexibility index (Phi) is 6.99. The molecule has 1 heterocycles. The van der Waals surface area contributed by atoms with Crippen molar-refractivity contribution in [3.63, 3.8) is 0 Å². The number of rotatable bonds is 6. The highest BCUT2D eigenvalue weighted by Crippen LogP contribution is 2.34. The Bertz CT molecular complexity index is 439. The molecule has 21 heavy (non-hydrogen) atoms. The molecular formula is C16H23Br2NO2. The van der Waals surface area contributed by atoms with Gasteiger partial charge >= 0.3 is 0 Å². The minimum Gasteiger partial charge on any atom is -0.492 e. The molecule has 0 bridgehead atoms. The van der Waals surface area contributed by atoms with Crippen LogP contribution in [0.2, 0.25) is 0 Å². The number of halogens is 2. The van der Waals surface area contributed by atoms with Crippen molar-refractivity contribution in [2.45, 2.75) is 39.3 Å². The Hall–Kier alpha value is -0.100. The molecule has 3 nitrogen and oxygen atoms in total. The van der Waals surface area contributed by atoms with Crippen LogP contribution < -0.4 is 10.1 Å². The summed E-state index contributed by atoms with van der Waals surface area (Å²) in [4.78, 5) is 0. The van der Waals surface area contributed by atoms with Crippen LogP contribution in [-0.4, -0.2) is 25.9 Å². The molecule has 0 radical (unpaired) electrons. The lowest BCUT2D eigenvalue weighted by Gasteiger charge is -2.28. The summed E-state index contributed by atoms with van der Waals surface area (Å²) in [7, 11) is 0. The molecule has 1 unspecified atom stereocenters. The Balaban J connectivity index is 1.93. The molecule has 0 saturated carbocycles. The normalized spacial score (nSPS) is 17.7. The lowest BCUT2D eigenvalue weighted by atomic mass is 9.93. The molecule has 1 N–H and O–H groups in total. The molecular weight excluding hydrogens is 398 g/mol. The van der Waals surface area contributed by atoms with Crippen molar-refractivity contribution in [3.05, 3.63) is 26.6 Å². The maximum absolute atomic E-state index is 5.62. The van der Waals surface area contributed by atoms with Crippen LogP contribution in [0.1, 0.15) is 32.3 Å². The topological polar surface area (TPSA) is 30.5 Å². The van der Waals surface area contributed by atoms with Crippen molar-refractivity contribution in [2.75, 3.05) is 19.8 Å². The maximum atomic E-state index is 5.62. The monoisotopic (exact) mass is 419 g/mol. The predicted octanol–water partition coefficient (Wildman–Crippen LogP) is 4.52. The van der Waals surface area contributed by atoms with E-state index in [0.29, 0.717) is 18.6 Å². The van der Waals surface area contributed by atoms with Gasteiger partial charge in [0.15, 0.2) is 0 Å². The maximum Gasteiger partial charge on any atom is 0.147 e. The van der Waals surface area contributed by atoms with Crippen molar-refractivity contribution in [2.24, 2.45) is 5.92 Å². The number of hydrogen-bond donors (Lipinski definition) is 1. The first-order chi connectivity index (χ1) is 10.1. The fourth-order valence-electron chi connectivity index (χ4n) is 2.66. The van der Waals surface area contributed by atoms with Crippen LogP contribution >= 0.6 is 31.9 Å². The second-order valence-corrected chi connectivity index (χ2v) is 7.15. The van der Waals surface area contributed by atoms with Crippen LogP contribution in [0, 0.1) is 5.92 Å². The van der Waals surface area contributed by atoms with Crippen LogP contribution in [-0.2, 0) is 11.3 Å². The third-order valence-electron chi connectivity index (χ3n) is 3.95. The van der Waals surface area contributed by atoms with Gasteiger partial charge in [0.1, 0.15) is 5.75 Å². The molecule has 1 atom stereocenters. The van der Waals surface area contributed by atoms with Crippen LogP contribution in [0.5, 0.6) is 5.75 Å². The van der Waals surface area contributed by atoms with Crippen molar-refractivity contribution < 1.29 is 9.47 Å². The van der Waals surface area contributed by atoms with E-state index in [9.17, 15) is 0 Å². The molecule has 1 aliphatic heterocycles. The highest BCUT2D eigenvalue weighted by molar-refractivity contribution is 9.11. The van der Waals surface area contributed by atoms with E-state index >= 15 is 0 Å².